The van der Waals surface area contributed by atoms with Crippen molar-refractivity contribution in [1.82, 2.24) is 14.5 Å². The third kappa shape index (κ3) is 4.00. The molecule has 22 heavy (non-hydrogen) atoms. The van der Waals surface area contributed by atoms with E-state index in [0.29, 0.717) is 17.9 Å². The Balaban J connectivity index is 1.72. The molecule has 7 heteroatoms. The molecule has 0 radical (unpaired) electrons. The highest BCUT2D eigenvalue weighted by molar-refractivity contribution is 6.76. The Kier molecular flexibility index (Phi) is 4.43. The average Bonchev–Trinajstić information content (AvgIpc) is 3.13. The summed E-state index contributed by atoms with van der Waals surface area (Å²) >= 11 is 6.15. The fourth-order valence-corrected chi connectivity index (χ4v) is 3.14. The Morgan fingerprint density at radius 3 is 2.86 bits per heavy atom. The van der Waals surface area contributed by atoms with Crippen LogP contribution in [-0.4, -0.2) is 35.3 Å². The maximum absolute atomic E-state index is 6.15. The molecule has 0 aliphatic heterocycles. The van der Waals surface area contributed by atoms with Crippen molar-refractivity contribution < 1.29 is 4.74 Å². The zero-order valence-electron chi connectivity index (χ0n) is 13.4. The lowest BCUT2D eigenvalue weighted by Gasteiger charge is -2.15. The van der Waals surface area contributed by atoms with Gasteiger partial charge in [0.1, 0.15) is 17.4 Å². The summed E-state index contributed by atoms with van der Waals surface area (Å²) in [6.45, 7) is 8.29. The van der Waals surface area contributed by atoms with Crippen LogP contribution in [-0.2, 0) is 11.5 Å². The molecule has 1 aliphatic carbocycles. The van der Waals surface area contributed by atoms with Crippen LogP contribution in [0.15, 0.2) is 12.4 Å². The van der Waals surface area contributed by atoms with Gasteiger partial charge in [0.15, 0.2) is 5.65 Å². The molecule has 0 amide bonds. The number of nitrogens with zero attached hydrogens (tertiary/aromatic N) is 3. The maximum Gasteiger partial charge on any atom is 0.165 e. The van der Waals surface area contributed by atoms with Crippen molar-refractivity contribution in [3.8, 4) is 0 Å². The van der Waals surface area contributed by atoms with Crippen LogP contribution >= 0.6 is 11.6 Å². The van der Waals surface area contributed by atoms with Crippen LogP contribution in [0.5, 0.6) is 0 Å². The van der Waals surface area contributed by atoms with Crippen molar-refractivity contribution in [2.75, 3.05) is 11.9 Å². The Morgan fingerprint density at radius 2 is 2.18 bits per heavy atom. The molecular weight excluding hydrogens is 316 g/mol. The minimum Gasteiger partial charge on any atom is -0.380 e. The molecule has 5 nitrogen and oxygen atoms in total. The third-order valence-electron chi connectivity index (χ3n) is 3.71. The number of anilines is 1. The Hall–Kier alpha value is -1.11. The smallest absolute Gasteiger partial charge is 0.165 e. The van der Waals surface area contributed by atoms with Gasteiger partial charge in [-0.15, -0.1) is 0 Å². The van der Waals surface area contributed by atoms with Crippen LogP contribution in [0.1, 0.15) is 12.8 Å². The van der Waals surface area contributed by atoms with Crippen molar-refractivity contribution in [1.29, 1.82) is 0 Å². The number of halogens is 1. The van der Waals surface area contributed by atoms with E-state index >= 15 is 0 Å². The molecule has 1 N–H and O–H groups in total. The molecule has 0 unspecified atom stereocenters. The predicted molar refractivity (Wildman–Crippen MR) is 93.3 cm³/mol. The first-order chi connectivity index (χ1) is 10.4. The molecule has 0 saturated heterocycles. The van der Waals surface area contributed by atoms with E-state index < -0.39 is 8.07 Å². The lowest BCUT2D eigenvalue weighted by molar-refractivity contribution is 0.0895. The van der Waals surface area contributed by atoms with Crippen molar-refractivity contribution in [3.63, 3.8) is 0 Å². The monoisotopic (exact) mass is 338 g/mol. The highest BCUT2D eigenvalue weighted by atomic mass is 35.5. The summed E-state index contributed by atoms with van der Waals surface area (Å²) in [6, 6.07) is 3.56. The van der Waals surface area contributed by atoms with Gasteiger partial charge in [0.25, 0.3) is 0 Å². The summed E-state index contributed by atoms with van der Waals surface area (Å²) in [5.41, 5.74) is 2.62. The molecule has 1 fully saturated rings. The van der Waals surface area contributed by atoms with E-state index in [-0.39, 0.29) is 0 Å². The van der Waals surface area contributed by atoms with Gasteiger partial charge in [-0.1, -0.05) is 31.2 Å². The lowest BCUT2D eigenvalue weighted by Crippen LogP contribution is -2.22. The molecule has 2 aromatic rings. The summed E-state index contributed by atoms with van der Waals surface area (Å²) in [6.07, 6.45) is 4.20. The van der Waals surface area contributed by atoms with E-state index in [4.69, 9.17) is 16.3 Å². The van der Waals surface area contributed by atoms with E-state index in [1.165, 1.54) is 12.8 Å². The maximum atomic E-state index is 6.15. The van der Waals surface area contributed by atoms with Gasteiger partial charge in [0.2, 0.25) is 0 Å². The molecular formula is C15H23ClN4OSi. The van der Waals surface area contributed by atoms with Crippen molar-refractivity contribution in [3.05, 3.63) is 17.5 Å². The van der Waals surface area contributed by atoms with Gasteiger partial charge in [-0.25, -0.2) is 9.97 Å². The second-order valence-electron chi connectivity index (χ2n) is 7.15. The van der Waals surface area contributed by atoms with E-state index in [0.717, 1.165) is 29.5 Å². The second kappa shape index (κ2) is 6.18. The van der Waals surface area contributed by atoms with Crippen molar-refractivity contribution in [2.24, 2.45) is 0 Å². The first-order valence-electron chi connectivity index (χ1n) is 7.78. The molecule has 0 bridgehead atoms. The van der Waals surface area contributed by atoms with E-state index in [1.54, 1.807) is 6.33 Å². The highest BCUT2D eigenvalue weighted by Gasteiger charge is 2.23. The topological polar surface area (TPSA) is 52.0 Å². The molecule has 0 spiro atoms. The van der Waals surface area contributed by atoms with Gasteiger partial charge < -0.3 is 10.1 Å². The average molecular weight is 339 g/mol. The summed E-state index contributed by atoms with van der Waals surface area (Å²) < 4.78 is 7.71. The number of aromatic nitrogens is 3. The number of imidazole rings is 1. The molecule has 3 rings (SSSR count). The number of ether oxygens (including phenoxy) is 1. The standard InChI is InChI=1S/C15H23ClN4OSi/c1-22(2,3)7-6-21-10-20-9-17-14-12(18-11-4-5-11)8-13(16)19-15(14)20/h8-9,11H,4-7,10H2,1-3H3,(H,18,19). The predicted octanol–water partition coefficient (Wildman–Crippen LogP) is 3.97. The van der Waals surface area contributed by atoms with Crippen LogP contribution in [0, 0.1) is 0 Å². The minimum absolute atomic E-state index is 0.469. The number of rotatable bonds is 7. The Labute approximate surface area is 137 Å². The number of hydrogen-bond donors (Lipinski definition) is 1. The molecule has 2 heterocycles. The second-order valence-corrected chi connectivity index (χ2v) is 13.2. The first-order valence-corrected chi connectivity index (χ1v) is 11.9. The van der Waals surface area contributed by atoms with Crippen LogP contribution in [0.3, 0.4) is 0 Å². The normalized spacial score (nSPS) is 15.5. The molecule has 0 aromatic carbocycles. The minimum atomic E-state index is -1.06. The molecule has 2 aromatic heterocycles. The lowest BCUT2D eigenvalue weighted by atomic mass is 10.3. The van der Waals surface area contributed by atoms with Crippen molar-refractivity contribution in [2.45, 2.75) is 51.3 Å². The molecule has 0 atom stereocenters. The zero-order chi connectivity index (χ0) is 15.7. The number of fused-ring (bicyclic) bond motifs is 1. The van der Waals surface area contributed by atoms with Crippen LogP contribution in [0.25, 0.3) is 11.2 Å². The number of nitrogens with one attached hydrogen (secondary N) is 1. The Morgan fingerprint density at radius 1 is 1.41 bits per heavy atom. The molecule has 1 aliphatic rings. The fraction of sp³-hybridized carbons (Fsp3) is 0.600. The van der Waals surface area contributed by atoms with E-state index in [2.05, 4.69) is 34.9 Å². The van der Waals surface area contributed by atoms with Gasteiger partial charge in [0, 0.05) is 26.8 Å². The van der Waals surface area contributed by atoms with Gasteiger partial charge in [-0.05, 0) is 18.9 Å². The summed E-state index contributed by atoms with van der Waals surface area (Å²) in [5, 5.41) is 3.95. The summed E-state index contributed by atoms with van der Waals surface area (Å²) in [7, 11) is -1.06. The summed E-state index contributed by atoms with van der Waals surface area (Å²) in [5.74, 6) is 0. The molecule has 120 valence electrons. The van der Waals surface area contributed by atoms with Crippen LogP contribution < -0.4 is 5.32 Å². The van der Waals surface area contributed by atoms with Crippen molar-refractivity contribution >= 4 is 36.5 Å². The quantitative estimate of drug-likeness (QED) is 0.471. The first kappa shape index (κ1) is 15.8. The van der Waals surface area contributed by atoms with Crippen LogP contribution in [0.4, 0.5) is 5.69 Å². The molecule has 1 saturated carbocycles. The van der Waals surface area contributed by atoms with E-state index in [1.807, 2.05) is 10.6 Å². The third-order valence-corrected chi connectivity index (χ3v) is 5.60. The van der Waals surface area contributed by atoms with Gasteiger partial charge in [0.05, 0.1) is 12.0 Å². The van der Waals surface area contributed by atoms with Crippen LogP contribution in [0.2, 0.25) is 30.8 Å². The van der Waals surface area contributed by atoms with E-state index in [9.17, 15) is 0 Å². The fourth-order valence-electron chi connectivity index (χ4n) is 2.20. The SMILES string of the molecule is C[Si](C)(C)CCOCn1cnc2c(NC3CC3)cc(Cl)nc21. The van der Waals surface area contributed by atoms with Gasteiger partial charge in [-0.2, -0.15) is 0 Å². The number of pyridine rings is 1. The Bertz CT molecular complexity index is 663. The largest absolute Gasteiger partial charge is 0.380 e. The van der Waals surface area contributed by atoms with Gasteiger partial charge in [-0.3, -0.25) is 4.57 Å². The van der Waals surface area contributed by atoms with Gasteiger partial charge >= 0.3 is 0 Å². The zero-order valence-corrected chi connectivity index (χ0v) is 15.2. The highest BCUT2D eigenvalue weighted by Crippen LogP contribution is 2.30. The summed E-state index contributed by atoms with van der Waals surface area (Å²) in [4.78, 5) is 8.88. The number of hydrogen-bond acceptors (Lipinski definition) is 4.